The lowest BCUT2D eigenvalue weighted by Gasteiger charge is -2.34. The van der Waals surface area contributed by atoms with E-state index >= 15 is 0 Å². The Kier molecular flexibility index (Phi) is 3.34. The first-order chi connectivity index (χ1) is 5.24. The molecule has 1 N–H and O–H groups in total. The molecule has 1 heterocycles. The lowest BCUT2D eigenvalue weighted by molar-refractivity contribution is 0.0498. The van der Waals surface area contributed by atoms with Gasteiger partial charge in [0.1, 0.15) is 0 Å². The average molecular weight is 157 g/mol. The average Bonchev–Trinajstić information content (AvgIpc) is 2.03. The van der Waals surface area contributed by atoms with Gasteiger partial charge in [0, 0.05) is 12.6 Å². The maximum atomic E-state index is 9.38. The van der Waals surface area contributed by atoms with Crippen molar-refractivity contribution in [3.8, 4) is 0 Å². The van der Waals surface area contributed by atoms with E-state index < -0.39 is 0 Å². The minimum atomic E-state index is -0.0715. The van der Waals surface area contributed by atoms with Crippen LogP contribution in [0.5, 0.6) is 0 Å². The van der Waals surface area contributed by atoms with Gasteiger partial charge in [-0.05, 0) is 32.7 Å². The molecule has 1 saturated heterocycles. The molecular formula is C9H19NO. The van der Waals surface area contributed by atoms with Crippen molar-refractivity contribution in [2.45, 2.75) is 45.3 Å². The van der Waals surface area contributed by atoms with E-state index in [1.54, 1.807) is 0 Å². The number of hydrogen-bond acceptors (Lipinski definition) is 2. The second-order valence-electron chi connectivity index (χ2n) is 3.55. The molecule has 1 rings (SSSR count). The molecule has 1 fully saturated rings. The number of aliphatic hydroxyl groups excluding tert-OH is 1. The normalized spacial score (nSPS) is 30.3. The third-order valence-corrected chi connectivity index (χ3v) is 2.64. The molecule has 2 nitrogen and oxygen atoms in total. The molecule has 0 saturated carbocycles. The summed E-state index contributed by atoms with van der Waals surface area (Å²) in [5.41, 5.74) is 0. The van der Waals surface area contributed by atoms with Gasteiger partial charge in [0.05, 0.1) is 6.10 Å². The molecule has 0 aromatic rings. The van der Waals surface area contributed by atoms with Crippen molar-refractivity contribution in [2.75, 3.05) is 13.1 Å². The van der Waals surface area contributed by atoms with Gasteiger partial charge < -0.3 is 5.11 Å². The molecular weight excluding hydrogens is 138 g/mol. The number of β-amino-alcohol motifs (C(OH)–C–C–N with tert-alkyl or cyclic N) is 1. The zero-order valence-corrected chi connectivity index (χ0v) is 7.58. The van der Waals surface area contributed by atoms with E-state index in [2.05, 4.69) is 18.7 Å². The lowest BCUT2D eigenvalue weighted by Crippen LogP contribution is -2.43. The lowest BCUT2D eigenvalue weighted by atomic mass is 10.1. The van der Waals surface area contributed by atoms with Crippen LogP contribution in [0.25, 0.3) is 0 Å². The van der Waals surface area contributed by atoms with Crippen LogP contribution in [-0.2, 0) is 0 Å². The van der Waals surface area contributed by atoms with Crippen LogP contribution in [0.1, 0.15) is 33.1 Å². The highest BCUT2D eigenvalue weighted by molar-refractivity contribution is 4.75. The summed E-state index contributed by atoms with van der Waals surface area (Å²) in [4.78, 5) is 2.38. The quantitative estimate of drug-likeness (QED) is 0.652. The summed E-state index contributed by atoms with van der Waals surface area (Å²) in [7, 11) is 0. The Morgan fingerprint density at radius 2 is 2.36 bits per heavy atom. The minimum Gasteiger partial charge on any atom is -0.392 e. The number of likely N-dealkylation sites (tertiary alicyclic amines) is 1. The molecule has 2 heteroatoms. The summed E-state index contributed by atoms with van der Waals surface area (Å²) in [6.07, 6.45) is 3.27. The predicted molar refractivity (Wildman–Crippen MR) is 46.6 cm³/mol. The molecule has 0 aliphatic carbocycles. The Labute approximate surface area is 69.2 Å². The molecule has 11 heavy (non-hydrogen) atoms. The van der Waals surface area contributed by atoms with Crippen LogP contribution in [0.3, 0.4) is 0 Å². The van der Waals surface area contributed by atoms with Crippen molar-refractivity contribution in [3.05, 3.63) is 0 Å². The summed E-state index contributed by atoms with van der Waals surface area (Å²) >= 11 is 0. The van der Waals surface area contributed by atoms with Gasteiger partial charge in [-0.2, -0.15) is 0 Å². The second-order valence-corrected chi connectivity index (χ2v) is 3.55. The first kappa shape index (κ1) is 9.01. The smallest absolute Gasteiger partial charge is 0.0667 e. The van der Waals surface area contributed by atoms with E-state index in [0.717, 1.165) is 19.4 Å². The Morgan fingerprint density at radius 1 is 1.64 bits per heavy atom. The standard InChI is InChI=1S/C9H19NO/c1-3-8(2)10-6-4-5-9(11)7-10/h8-9,11H,3-7H2,1-2H3. The highest BCUT2D eigenvalue weighted by atomic mass is 16.3. The number of nitrogens with zero attached hydrogens (tertiary/aromatic N) is 1. The van der Waals surface area contributed by atoms with Crippen molar-refractivity contribution < 1.29 is 5.11 Å². The van der Waals surface area contributed by atoms with Gasteiger partial charge in [-0.3, -0.25) is 4.90 Å². The SMILES string of the molecule is CCC(C)N1CCCC(O)C1. The van der Waals surface area contributed by atoms with Crippen molar-refractivity contribution in [1.82, 2.24) is 4.90 Å². The first-order valence-electron chi connectivity index (χ1n) is 4.66. The number of piperidine rings is 1. The van der Waals surface area contributed by atoms with Crippen LogP contribution >= 0.6 is 0 Å². The third kappa shape index (κ3) is 2.46. The van der Waals surface area contributed by atoms with Gasteiger partial charge in [0.15, 0.2) is 0 Å². The van der Waals surface area contributed by atoms with Crippen LogP contribution < -0.4 is 0 Å². The molecule has 1 aliphatic heterocycles. The van der Waals surface area contributed by atoms with Crippen LogP contribution in [-0.4, -0.2) is 35.2 Å². The number of aliphatic hydroxyl groups is 1. The molecule has 0 radical (unpaired) electrons. The first-order valence-corrected chi connectivity index (χ1v) is 4.66. The molecule has 0 spiro atoms. The van der Waals surface area contributed by atoms with Gasteiger partial charge in [-0.25, -0.2) is 0 Å². The van der Waals surface area contributed by atoms with E-state index in [1.165, 1.54) is 13.0 Å². The van der Waals surface area contributed by atoms with E-state index in [1.807, 2.05) is 0 Å². The summed E-state index contributed by atoms with van der Waals surface area (Å²) in [5, 5.41) is 9.38. The fourth-order valence-electron chi connectivity index (χ4n) is 1.64. The van der Waals surface area contributed by atoms with Gasteiger partial charge in [-0.1, -0.05) is 6.92 Å². The van der Waals surface area contributed by atoms with E-state index in [-0.39, 0.29) is 6.10 Å². The number of rotatable bonds is 2. The summed E-state index contributed by atoms with van der Waals surface area (Å²) in [6.45, 7) is 6.49. The van der Waals surface area contributed by atoms with E-state index in [0.29, 0.717) is 6.04 Å². The van der Waals surface area contributed by atoms with Crippen molar-refractivity contribution >= 4 is 0 Å². The third-order valence-electron chi connectivity index (χ3n) is 2.64. The predicted octanol–water partition coefficient (Wildman–Crippen LogP) is 1.24. The highest BCUT2D eigenvalue weighted by Crippen LogP contribution is 2.13. The van der Waals surface area contributed by atoms with Crippen LogP contribution in [0.4, 0.5) is 0 Å². The van der Waals surface area contributed by atoms with Gasteiger partial charge in [0.2, 0.25) is 0 Å². The molecule has 1 aliphatic rings. The molecule has 0 amide bonds. The Bertz CT molecular complexity index is 116. The Hall–Kier alpha value is -0.0800. The molecule has 2 unspecified atom stereocenters. The number of hydrogen-bond donors (Lipinski definition) is 1. The highest BCUT2D eigenvalue weighted by Gasteiger charge is 2.20. The van der Waals surface area contributed by atoms with Crippen LogP contribution in [0, 0.1) is 0 Å². The molecule has 66 valence electrons. The van der Waals surface area contributed by atoms with Gasteiger partial charge in [-0.15, -0.1) is 0 Å². The Balaban J connectivity index is 2.33. The molecule has 2 atom stereocenters. The maximum Gasteiger partial charge on any atom is 0.0667 e. The second kappa shape index (κ2) is 4.07. The monoisotopic (exact) mass is 157 g/mol. The molecule has 0 aromatic heterocycles. The van der Waals surface area contributed by atoms with Crippen LogP contribution in [0.2, 0.25) is 0 Å². The Morgan fingerprint density at radius 3 is 2.91 bits per heavy atom. The zero-order chi connectivity index (χ0) is 8.27. The maximum absolute atomic E-state index is 9.38. The van der Waals surface area contributed by atoms with E-state index in [4.69, 9.17) is 0 Å². The van der Waals surface area contributed by atoms with Gasteiger partial charge in [0.25, 0.3) is 0 Å². The van der Waals surface area contributed by atoms with Crippen LogP contribution in [0.15, 0.2) is 0 Å². The van der Waals surface area contributed by atoms with Crippen molar-refractivity contribution in [1.29, 1.82) is 0 Å². The molecule has 0 aromatic carbocycles. The fourth-order valence-corrected chi connectivity index (χ4v) is 1.64. The van der Waals surface area contributed by atoms with Gasteiger partial charge >= 0.3 is 0 Å². The largest absolute Gasteiger partial charge is 0.392 e. The zero-order valence-electron chi connectivity index (χ0n) is 7.58. The topological polar surface area (TPSA) is 23.5 Å². The summed E-state index contributed by atoms with van der Waals surface area (Å²) < 4.78 is 0. The summed E-state index contributed by atoms with van der Waals surface area (Å²) in [6, 6.07) is 0.643. The van der Waals surface area contributed by atoms with Crippen molar-refractivity contribution in [3.63, 3.8) is 0 Å². The fraction of sp³-hybridized carbons (Fsp3) is 1.00. The van der Waals surface area contributed by atoms with E-state index in [9.17, 15) is 5.11 Å². The minimum absolute atomic E-state index is 0.0715. The molecule has 0 bridgehead atoms. The van der Waals surface area contributed by atoms with Crippen molar-refractivity contribution in [2.24, 2.45) is 0 Å². The summed E-state index contributed by atoms with van der Waals surface area (Å²) in [5.74, 6) is 0.